The molecule has 0 spiro atoms. The lowest BCUT2D eigenvalue weighted by atomic mass is 10.0. The Morgan fingerprint density at radius 2 is 2.30 bits per heavy atom. The van der Waals surface area contributed by atoms with Gasteiger partial charge in [-0.1, -0.05) is 13.3 Å². The summed E-state index contributed by atoms with van der Waals surface area (Å²) in [6.07, 6.45) is 5.29. The molecular weight excluding hydrogens is 304 g/mol. The number of piperidine rings is 1. The molecule has 2 atom stereocenters. The standard InChI is InChI=1S/C18H32N4S/c1-15(17-8-12-23-14-17)13-21-18(19-3)20-9-6-11-22-10-5-4-7-16(22)2/h8,12,14-16H,4-7,9-11,13H2,1-3H3,(H2,19,20,21). The van der Waals surface area contributed by atoms with E-state index < -0.39 is 0 Å². The summed E-state index contributed by atoms with van der Waals surface area (Å²) in [5.41, 5.74) is 1.40. The van der Waals surface area contributed by atoms with Gasteiger partial charge in [-0.25, -0.2) is 0 Å². The van der Waals surface area contributed by atoms with Crippen LogP contribution >= 0.6 is 11.3 Å². The van der Waals surface area contributed by atoms with Crippen LogP contribution in [0.3, 0.4) is 0 Å². The van der Waals surface area contributed by atoms with Crippen molar-refractivity contribution in [2.24, 2.45) is 4.99 Å². The molecule has 0 bridgehead atoms. The molecule has 0 aliphatic carbocycles. The Kier molecular flexibility index (Phi) is 7.89. The van der Waals surface area contributed by atoms with Crippen LogP contribution in [0.4, 0.5) is 0 Å². The van der Waals surface area contributed by atoms with Gasteiger partial charge in [0.2, 0.25) is 0 Å². The monoisotopic (exact) mass is 336 g/mol. The number of nitrogens with zero attached hydrogens (tertiary/aromatic N) is 2. The average Bonchev–Trinajstić information content (AvgIpc) is 3.10. The number of likely N-dealkylation sites (tertiary alicyclic amines) is 1. The fraction of sp³-hybridized carbons (Fsp3) is 0.722. The van der Waals surface area contributed by atoms with Crippen molar-refractivity contribution in [1.29, 1.82) is 0 Å². The van der Waals surface area contributed by atoms with Gasteiger partial charge in [0, 0.05) is 32.7 Å². The van der Waals surface area contributed by atoms with E-state index in [0.717, 1.165) is 25.1 Å². The Hall–Kier alpha value is -1.07. The number of nitrogens with one attached hydrogen (secondary N) is 2. The molecule has 1 aliphatic heterocycles. The second-order valence-electron chi connectivity index (χ2n) is 6.57. The van der Waals surface area contributed by atoms with Crippen LogP contribution in [0, 0.1) is 0 Å². The third-order valence-electron chi connectivity index (χ3n) is 4.77. The van der Waals surface area contributed by atoms with Crippen LogP contribution in [-0.2, 0) is 0 Å². The van der Waals surface area contributed by atoms with Crippen molar-refractivity contribution in [3.05, 3.63) is 22.4 Å². The maximum atomic E-state index is 4.32. The zero-order chi connectivity index (χ0) is 16.5. The molecular formula is C18H32N4S. The normalized spacial score (nSPS) is 21.2. The van der Waals surface area contributed by atoms with E-state index in [1.165, 1.54) is 44.3 Å². The second-order valence-corrected chi connectivity index (χ2v) is 7.35. The fourth-order valence-corrected chi connectivity index (χ4v) is 3.90. The molecule has 1 fully saturated rings. The third kappa shape index (κ3) is 6.15. The van der Waals surface area contributed by atoms with Gasteiger partial charge >= 0.3 is 0 Å². The van der Waals surface area contributed by atoms with Crippen molar-refractivity contribution < 1.29 is 0 Å². The van der Waals surface area contributed by atoms with Crippen LogP contribution in [0.2, 0.25) is 0 Å². The Bertz CT molecular complexity index is 458. The highest BCUT2D eigenvalue weighted by atomic mass is 32.1. The van der Waals surface area contributed by atoms with E-state index in [9.17, 15) is 0 Å². The molecule has 1 aromatic heterocycles. The molecule has 0 amide bonds. The zero-order valence-electron chi connectivity index (χ0n) is 14.8. The van der Waals surface area contributed by atoms with Crippen molar-refractivity contribution in [3.63, 3.8) is 0 Å². The fourth-order valence-electron chi connectivity index (χ4n) is 3.12. The minimum Gasteiger partial charge on any atom is -0.356 e. The maximum absolute atomic E-state index is 4.32. The average molecular weight is 337 g/mol. The summed E-state index contributed by atoms with van der Waals surface area (Å²) in [6, 6.07) is 2.96. The first-order valence-electron chi connectivity index (χ1n) is 8.91. The van der Waals surface area contributed by atoms with Crippen molar-refractivity contribution >= 4 is 17.3 Å². The minimum atomic E-state index is 0.508. The highest BCUT2D eigenvalue weighted by Crippen LogP contribution is 2.17. The molecule has 2 rings (SSSR count). The molecule has 1 aromatic rings. The summed E-state index contributed by atoms with van der Waals surface area (Å²) in [5.74, 6) is 1.42. The van der Waals surface area contributed by atoms with Crippen LogP contribution in [0.5, 0.6) is 0 Å². The van der Waals surface area contributed by atoms with E-state index in [2.05, 4.69) is 51.2 Å². The predicted molar refractivity (Wildman–Crippen MR) is 102 cm³/mol. The summed E-state index contributed by atoms with van der Waals surface area (Å²) < 4.78 is 0. The SMILES string of the molecule is CN=C(NCCCN1CCCCC1C)NCC(C)c1ccsc1. The number of guanidine groups is 1. The molecule has 5 heteroatoms. The van der Waals surface area contributed by atoms with Crippen LogP contribution in [0.25, 0.3) is 0 Å². The van der Waals surface area contributed by atoms with E-state index in [1.807, 2.05) is 7.05 Å². The topological polar surface area (TPSA) is 39.7 Å². The lowest BCUT2D eigenvalue weighted by Crippen LogP contribution is -2.42. The first kappa shape index (κ1) is 18.3. The molecule has 2 N–H and O–H groups in total. The van der Waals surface area contributed by atoms with Crippen LogP contribution in [0.15, 0.2) is 21.8 Å². The summed E-state index contributed by atoms with van der Waals surface area (Å²) in [6.45, 7) is 8.97. The predicted octanol–water partition coefficient (Wildman–Crippen LogP) is 3.28. The van der Waals surface area contributed by atoms with Crippen molar-refractivity contribution in [1.82, 2.24) is 15.5 Å². The Labute approximate surface area is 145 Å². The second kappa shape index (κ2) is 9.93. The molecule has 130 valence electrons. The number of aliphatic imine (C=N–C) groups is 1. The van der Waals surface area contributed by atoms with E-state index in [-0.39, 0.29) is 0 Å². The highest BCUT2D eigenvalue weighted by molar-refractivity contribution is 7.07. The molecule has 0 radical (unpaired) electrons. The van der Waals surface area contributed by atoms with Gasteiger partial charge in [-0.15, -0.1) is 0 Å². The first-order chi connectivity index (χ1) is 11.2. The van der Waals surface area contributed by atoms with Gasteiger partial charge in [-0.05, 0) is 61.0 Å². The van der Waals surface area contributed by atoms with Gasteiger partial charge in [0.25, 0.3) is 0 Å². The Morgan fingerprint density at radius 3 is 3.00 bits per heavy atom. The van der Waals surface area contributed by atoms with Gasteiger partial charge in [0.05, 0.1) is 0 Å². The summed E-state index contributed by atoms with van der Waals surface area (Å²) >= 11 is 1.76. The summed E-state index contributed by atoms with van der Waals surface area (Å²) in [7, 11) is 1.84. The molecule has 0 aromatic carbocycles. The number of hydrogen-bond acceptors (Lipinski definition) is 3. The number of hydrogen-bond donors (Lipinski definition) is 2. The minimum absolute atomic E-state index is 0.508. The summed E-state index contributed by atoms with van der Waals surface area (Å²) in [5, 5.41) is 11.2. The lowest BCUT2D eigenvalue weighted by molar-refractivity contribution is 0.159. The van der Waals surface area contributed by atoms with Crippen molar-refractivity contribution in [2.45, 2.75) is 51.5 Å². The van der Waals surface area contributed by atoms with Crippen LogP contribution < -0.4 is 10.6 Å². The maximum Gasteiger partial charge on any atom is 0.190 e. The molecule has 0 saturated carbocycles. The van der Waals surface area contributed by atoms with Gasteiger partial charge < -0.3 is 15.5 Å². The van der Waals surface area contributed by atoms with E-state index in [1.54, 1.807) is 11.3 Å². The van der Waals surface area contributed by atoms with E-state index in [4.69, 9.17) is 0 Å². The molecule has 1 saturated heterocycles. The van der Waals surface area contributed by atoms with Gasteiger partial charge in [0.15, 0.2) is 5.96 Å². The van der Waals surface area contributed by atoms with Gasteiger partial charge in [-0.2, -0.15) is 11.3 Å². The Balaban J connectivity index is 1.61. The lowest BCUT2D eigenvalue weighted by Gasteiger charge is -2.33. The molecule has 2 unspecified atom stereocenters. The van der Waals surface area contributed by atoms with Gasteiger partial charge in [-0.3, -0.25) is 4.99 Å². The van der Waals surface area contributed by atoms with Gasteiger partial charge in [0.1, 0.15) is 0 Å². The van der Waals surface area contributed by atoms with Crippen molar-refractivity contribution in [3.8, 4) is 0 Å². The number of thiophene rings is 1. The Morgan fingerprint density at radius 1 is 1.43 bits per heavy atom. The van der Waals surface area contributed by atoms with E-state index >= 15 is 0 Å². The third-order valence-corrected chi connectivity index (χ3v) is 5.47. The smallest absolute Gasteiger partial charge is 0.190 e. The molecule has 1 aliphatic rings. The van der Waals surface area contributed by atoms with E-state index in [0.29, 0.717) is 5.92 Å². The van der Waals surface area contributed by atoms with Crippen LogP contribution in [0.1, 0.15) is 51.0 Å². The quantitative estimate of drug-likeness (QED) is 0.456. The first-order valence-corrected chi connectivity index (χ1v) is 9.85. The molecule has 23 heavy (non-hydrogen) atoms. The summed E-state index contributed by atoms with van der Waals surface area (Å²) in [4.78, 5) is 6.95. The largest absolute Gasteiger partial charge is 0.356 e. The molecule has 2 heterocycles. The zero-order valence-corrected chi connectivity index (χ0v) is 15.7. The van der Waals surface area contributed by atoms with Crippen molar-refractivity contribution in [2.75, 3.05) is 33.2 Å². The highest BCUT2D eigenvalue weighted by Gasteiger charge is 2.17. The van der Waals surface area contributed by atoms with Crippen LogP contribution in [-0.4, -0.2) is 50.1 Å². The number of rotatable bonds is 7. The molecule has 4 nitrogen and oxygen atoms in total.